The molecule has 0 spiro atoms. The van der Waals surface area contributed by atoms with Crippen molar-refractivity contribution in [1.82, 2.24) is 4.90 Å². The van der Waals surface area contributed by atoms with E-state index in [9.17, 15) is 14.7 Å². The van der Waals surface area contributed by atoms with Crippen LogP contribution in [0.4, 0.5) is 0 Å². The van der Waals surface area contributed by atoms with Gasteiger partial charge in [-0.2, -0.15) is 0 Å². The molecule has 6 nitrogen and oxygen atoms in total. The predicted molar refractivity (Wildman–Crippen MR) is 118 cm³/mol. The van der Waals surface area contributed by atoms with Crippen LogP contribution in [-0.4, -0.2) is 65.3 Å². The number of esters is 1. The first-order valence-corrected chi connectivity index (χ1v) is 10.8. The van der Waals surface area contributed by atoms with Crippen LogP contribution < -0.4 is 0 Å². The largest absolute Gasteiger partial charge is 0.462 e. The number of carbonyl (C=O) groups is 2. The van der Waals surface area contributed by atoms with Crippen molar-refractivity contribution in [2.45, 2.75) is 75.8 Å². The highest BCUT2D eigenvalue weighted by Gasteiger charge is 2.64. The van der Waals surface area contributed by atoms with Gasteiger partial charge in [0.2, 0.25) is 0 Å². The summed E-state index contributed by atoms with van der Waals surface area (Å²) >= 11 is 0. The Labute approximate surface area is 188 Å². The van der Waals surface area contributed by atoms with Crippen LogP contribution in [0.25, 0.3) is 0 Å². The zero-order valence-corrected chi connectivity index (χ0v) is 19.3. The van der Waals surface area contributed by atoms with Crippen LogP contribution in [0.3, 0.4) is 0 Å². The van der Waals surface area contributed by atoms with Gasteiger partial charge < -0.3 is 14.6 Å². The number of rotatable bonds is 9. The first-order valence-electron chi connectivity index (χ1n) is 10.8. The minimum atomic E-state index is -0.657. The lowest BCUT2D eigenvalue weighted by atomic mass is 9.96. The second-order valence-corrected chi connectivity index (χ2v) is 9.02. The summed E-state index contributed by atoms with van der Waals surface area (Å²) in [6.45, 7) is 4.47. The number of piperidine rings is 1. The predicted octanol–water partition coefficient (Wildman–Crippen LogP) is 2.87. The van der Waals surface area contributed by atoms with E-state index in [-0.39, 0.29) is 65.7 Å². The standard InChI is InChI=1S/C23H31NO5.BrH/c1-14(2)8-9-16(26)12-24-19-10-17(11-20(24)22-21(19)29-22)28-23(27)18(13-25)15-6-4-3-5-7-15;/h3-7,14,17-22,25H,8-13H2,1-2H3;1H. The maximum Gasteiger partial charge on any atom is 0.316 e. The molecule has 166 valence electrons. The minimum Gasteiger partial charge on any atom is -0.462 e. The second-order valence-electron chi connectivity index (χ2n) is 9.02. The van der Waals surface area contributed by atoms with Crippen LogP contribution in [0.1, 0.15) is 51.0 Å². The monoisotopic (exact) mass is 481 g/mol. The molecule has 1 N–H and O–H groups in total. The van der Waals surface area contributed by atoms with Gasteiger partial charge in [-0.3, -0.25) is 14.5 Å². The molecule has 3 heterocycles. The van der Waals surface area contributed by atoms with Gasteiger partial charge in [0.25, 0.3) is 0 Å². The molecular weight excluding hydrogens is 450 g/mol. The second kappa shape index (κ2) is 9.90. The third-order valence-electron chi connectivity index (χ3n) is 6.49. The van der Waals surface area contributed by atoms with E-state index in [4.69, 9.17) is 9.47 Å². The number of fused-ring (bicyclic) bond motifs is 5. The molecule has 0 radical (unpaired) electrons. The number of nitrogens with zero attached hydrogens (tertiary/aromatic N) is 1. The third kappa shape index (κ3) is 4.96. The van der Waals surface area contributed by atoms with E-state index in [1.54, 1.807) is 0 Å². The molecule has 0 aliphatic carbocycles. The van der Waals surface area contributed by atoms with Gasteiger partial charge >= 0.3 is 5.97 Å². The molecule has 0 amide bonds. The molecule has 2 bridgehead atoms. The van der Waals surface area contributed by atoms with E-state index < -0.39 is 5.92 Å². The molecule has 5 atom stereocenters. The highest BCUT2D eigenvalue weighted by molar-refractivity contribution is 8.93. The fourth-order valence-corrected chi connectivity index (χ4v) is 4.86. The van der Waals surface area contributed by atoms with Crippen LogP contribution in [0.2, 0.25) is 0 Å². The summed E-state index contributed by atoms with van der Waals surface area (Å²) in [4.78, 5) is 27.4. The molecule has 1 aromatic carbocycles. The van der Waals surface area contributed by atoms with E-state index in [0.29, 0.717) is 31.7 Å². The number of aliphatic hydroxyl groups is 1. The number of benzene rings is 1. The molecule has 3 fully saturated rings. The molecule has 30 heavy (non-hydrogen) atoms. The van der Waals surface area contributed by atoms with Gasteiger partial charge in [0, 0.05) is 31.3 Å². The number of carbonyl (C=O) groups excluding carboxylic acids is 2. The Hall–Kier alpha value is -1.28. The molecule has 7 heteroatoms. The molecule has 3 aliphatic rings. The lowest BCUT2D eigenvalue weighted by molar-refractivity contribution is -0.157. The fraction of sp³-hybridized carbons (Fsp3) is 0.652. The van der Waals surface area contributed by atoms with E-state index in [0.717, 1.165) is 12.0 Å². The van der Waals surface area contributed by atoms with Crippen molar-refractivity contribution in [3.05, 3.63) is 35.9 Å². The summed E-state index contributed by atoms with van der Waals surface area (Å²) in [7, 11) is 0. The van der Waals surface area contributed by atoms with Gasteiger partial charge in [0.05, 0.1) is 13.2 Å². The van der Waals surface area contributed by atoms with E-state index in [1.165, 1.54) is 0 Å². The molecule has 5 unspecified atom stereocenters. The number of ketones is 1. The average molecular weight is 482 g/mol. The van der Waals surface area contributed by atoms with Crippen LogP contribution in [0.15, 0.2) is 30.3 Å². The van der Waals surface area contributed by atoms with Gasteiger partial charge in [-0.1, -0.05) is 44.2 Å². The first kappa shape index (κ1) is 23.4. The molecular formula is C23H32BrNO5. The average Bonchev–Trinajstić information content (AvgIpc) is 3.45. The van der Waals surface area contributed by atoms with E-state index in [2.05, 4.69) is 18.7 Å². The molecule has 3 aliphatic heterocycles. The topological polar surface area (TPSA) is 79.4 Å². The Balaban J connectivity index is 0.00000256. The summed E-state index contributed by atoms with van der Waals surface area (Å²) in [6.07, 6.45) is 3.08. The van der Waals surface area contributed by atoms with Crippen molar-refractivity contribution in [3.63, 3.8) is 0 Å². The number of hydrogen-bond donors (Lipinski definition) is 1. The summed E-state index contributed by atoms with van der Waals surface area (Å²) in [6, 6.07) is 9.54. The molecule has 1 aromatic rings. The van der Waals surface area contributed by atoms with Crippen molar-refractivity contribution in [2.24, 2.45) is 5.92 Å². The number of epoxide rings is 1. The zero-order valence-electron chi connectivity index (χ0n) is 17.6. The van der Waals surface area contributed by atoms with Crippen molar-refractivity contribution in [1.29, 1.82) is 0 Å². The van der Waals surface area contributed by atoms with Gasteiger partial charge in [-0.05, 0) is 17.9 Å². The highest BCUT2D eigenvalue weighted by Crippen LogP contribution is 2.49. The van der Waals surface area contributed by atoms with Gasteiger partial charge in [0.1, 0.15) is 30.0 Å². The Morgan fingerprint density at radius 2 is 1.80 bits per heavy atom. The van der Waals surface area contributed by atoms with Crippen molar-refractivity contribution in [3.8, 4) is 0 Å². The van der Waals surface area contributed by atoms with Gasteiger partial charge in [-0.15, -0.1) is 17.0 Å². The van der Waals surface area contributed by atoms with Crippen LogP contribution in [0, 0.1) is 5.92 Å². The summed E-state index contributed by atoms with van der Waals surface area (Å²) < 4.78 is 11.6. The van der Waals surface area contributed by atoms with Crippen molar-refractivity contribution in [2.75, 3.05) is 13.2 Å². The smallest absolute Gasteiger partial charge is 0.316 e. The van der Waals surface area contributed by atoms with Crippen molar-refractivity contribution >= 4 is 28.7 Å². The SMILES string of the molecule is Br.CC(C)CCC(=O)CN1C2CC(OC(=O)C(CO)c3ccccc3)CC1C1OC12. The van der Waals surface area contributed by atoms with Crippen LogP contribution >= 0.6 is 17.0 Å². The molecule has 0 saturated carbocycles. The highest BCUT2D eigenvalue weighted by atomic mass is 79.9. The number of morpholine rings is 1. The van der Waals surface area contributed by atoms with Crippen LogP contribution in [0.5, 0.6) is 0 Å². The third-order valence-corrected chi connectivity index (χ3v) is 6.49. The summed E-state index contributed by atoms with van der Waals surface area (Å²) in [5.41, 5.74) is 0.766. The Morgan fingerprint density at radius 3 is 2.37 bits per heavy atom. The van der Waals surface area contributed by atoms with Gasteiger partial charge in [0.15, 0.2) is 0 Å². The van der Waals surface area contributed by atoms with E-state index >= 15 is 0 Å². The van der Waals surface area contributed by atoms with Gasteiger partial charge in [-0.25, -0.2) is 0 Å². The summed E-state index contributed by atoms with van der Waals surface area (Å²) in [5.74, 6) is -0.217. The Morgan fingerprint density at radius 1 is 1.17 bits per heavy atom. The maximum atomic E-state index is 12.7. The molecule has 3 saturated heterocycles. The van der Waals surface area contributed by atoms with Crippen molar-refractivity contribution < 1.29 is 24.2 Å². The number of hydrogen-bond acceptors (Lipinski definition) is 6. The number of halogens is 1. The quantitative estimate of drug-likeness (QED) is 0.431. The normalized spacial score (nSPS) is 30.3. The molecule has 0 aromatic heterocycles. The van der Waals surface area contributed by atoms with E-state index in [1.807, 2.05) is 30.3 Å². The first-order chi connectivity index (χ1) is 14.0. The Kier molecular flexibility index (Phi) is 7.71. The number of ether oxygens (including phenoxy) is 2. The summed E-state index contributed by atoms with van der Waals surface area (Å²) in [5, 5.41) is 9.71. The lowest BCUT2D eigenvalue weighted by Crippen LogP contribution is -2.52. The maximum absolute atomic E-state index is 12.7. The zero-order chi connectivity index (χ0) is 20.5. The lowest BCUT2D eigenvalue weighted by Gasteiger charge is -2.40. The fourth-order valence-electron chi connectivity index (χ4n) is 4.86. The number of Topliss-reactive ketones (excluding diaryl/α,β-unsaturated/α-hetero) is 1. The van der Waals surface area contributed by atoms with Crippen LogP contribution in [-0.2, 0) is 19.1 Å². The molecule has 4 rings (SSSR count). The number of aliphatic hydroxyl groups excluding tert-OH is 1. The minimum absolute atomic E-state index is 0. The Bertz CT molecular complexity index is 724.